The molecule has 1 heterocycles. The van der Waals surface area contributed by atoms with Crippen molar-refractivity contribution in [3.8, 4) is 0 Å². The number of aromatic nitrogens is 1. The van der Waals surface area contributed by atoms with Crippen LogP contribution in [-0.4, -0.2) is 93.4 Å². The maximum atomic E-state index is 13.2. The summed E-state index contributed by atoms with van der Waals surface area (Å²) in [4.78, 5) is 56.9. The smallest absolute Gasteiger partial charge is 0.326 e. The summed E-state index contributed by atoms with van der Waals surface area (Å²) in [6.45, 7) is 0.617. The molecule has 0 aliphatic rings. The number of nitrogens with two attached hydrogens (primary N) is 3. The average molecular weight is 549 g/mol. The van der Waals surface area contributed by atoms with Gasteiger partial charge in [0.15, 0.2) is 5.96 Å². The van der Waals surface area contributed by atoms with E-state index in [1.807, 2.05) is 18.2 Å². The summed E-state index contributed by atoms with van der Waals surface area (Å²) in [5, 5.41) is 36.8. The normalized spacial score (nSPS) is 14.9. The van der Waals surface area contributed by atoms with Gasteiger partial charge in [-0.3, -0.25) is 19.4 Å². The molecule has 5 atom stereocenters. The van der Waals surface area contributed by atoms with Gasteiger partial charge in [-0.25, -0.2) is 4.79 Å². The molecule has 0 bridgehead atoms. The van der Waals surface area contributed by atoms with Crippen molar-refractivity contribution in [1.29, 1.82) is 0 Å². The van der Waals surface area contributed by atoms with Gasteiger partial charge >= 0.3 is 5.97 Å². The molecule has 39 heavy (non-hydrogen) atoms. The number of nitrogens with zero attached hydrogens (tertiary/aromatic N) is 1. The quantitative estimate of drug-likeness (QED) is 0.0612. The third-order valence-electron chi connectivity index (χ3n) is 5.93. The van der Waals surface area contributed by atoms with E-state index in [-0.39, 0.29) is 31.8 Å². The Bertz CT molecular complexity index is 1180. The summed E-state index contributed by atoms with van der Waals surface area (Å²) in [5.74, 6) is -4.06. The van der Waals surface area contributed by atoms with E-state index in [1.54, 1.807) is 12.3 Å². The fourth-order valence-electron chi connectivity index (χ4n) is 3.72. The molecule has 0 saturated heterocycles. The van der Waals surface area contributed by atoms with Crippen LogP contribution in [-0.2, 0) is 25.6 Å². The second-order valence-electron chi connectivity index (χ2n) is 8.98. The van der Waals surface area contributed by atoms with Gasteiger partial charge in [-0.05, 0) is 31.4 Å². The molecule has 15 heteroatoms. The third-order valence-corrected chi connectivity index (χ3v) is 5.93. The summed E-state index contributed by atoms with van der Waals surface area (Å²) in [6, 6.07) is 1.85. The molecule has 13 N–H and O–H groups in total. The van der Waals surface area contributed by atoms with Crippen molar-refractivity contribution >= 4 is 40.6 Å². The number of para-hydroxylation sites is 1. The minimum absolute atomic E-state index is 0.0135. The van der Waals surface area contributed by atoms with Gasteiger partial charge in [0.1, 0.15) is 24.2 Å². The summed E-state index contributed by atoms with van der Waals surface area (Å²) < 4.78 is 0. The summed E-state index contributed by atoms with van der Waals surface area (Å²) >= 11 is 0. The second-order valence-corrected chi connectivity index (χ2v) is 8.98. The fourth-order valence-corrected chi connectivity index (χ4v) is 3.72. The number of guanidine groups is 1. The lowest BCUT2D eigenvalue weighted by Gasteiger charge is -2.25. The van der Waals surface area contributed by atoms with Crippen LogP contribution in [0.4, 0.5) is 0 Å². The van der Waals surface area contributed by atoms with Crippen molar-refractivity contribution in [2.75, 3.05) is 13.2 Å². The highest BCUT2D eigenvalue weighted by molar-refractivity contribution is 5.95. The summed E-state index contributed by atoms with van der Waals surface area (Å²) in [7, 11) is 0. The first-order valence-electron chi connectivity index (χ1n) is 12.2. The minimum atomic E-state index is -1.52. The molecule has 1 aromatic heterocycles. The van der Waals surface area contributed by atoms with Gasteiger partial charge in [-0.1, -0.05) is 18.2 Å². The highest BCUT2D eigenvalue weighted by Gasteiger charge is 2.31. The predicted molar refractivity (Wildman–Crippen MR) is 142 cm³/mol. The Kier molecular flexibility index (Phi) is 11.7. The number of carbonyl (C=O) groups excluding carboxylic acids is 3. The standard InChI is InChI=1S/C24H36N8O7/c1-12(34)19(25)22(37)31-17(9-13-10-29-15-6-3-2-5-14(13)15)20(35)32-18(11-33)21(36)30-16(23(38)39)7-4-8-28-24(26)27/h2-3,5-6,10,12,16-19,29,33-34H,4,7-9,11,25H2,1H3,(H,30,36)(H,31,37)(H,32,35)(H,38,39)(H4,26,27,28). The summed E-state index contributed by atoms with van der Waals surface area (Å²) in [5.41, 5.74) is 17.7. The Morgan fingerprint density at radius 1 is 1.00 bits per heavy atom. The maximum Gasteiger partial charge on any atom is 0.326 e. The van der Waals surface area contributed by atoms with Crippen LogP contribution in [0.2, 0.25) is 0 Å². The topological polar surface area (TPSA) is 271 Å². The number of carboxylic acid groups (broad SMARTS) is 1. The molecular weight excluding hydrogens is 512 g/mol. The first-order chi connectivity index (χ1) is 18.4. The number of benzene rings is 1. The zero-order valence-corrected chi connectivity index (χ0v) is 21.5. The number of carboxylic acids is 1. The van der Waals surface area contributed by atoms with E-state index in [2.05, 4.69) is 25.9 Å². The van der Waals surface area contributed by atoms with Crippen LogP contribution in [0.15, 0.2) is 35.5 Å². The zero-order chi connectivity index (χ0) is 29.1. The lowest BCUT2D eigenvalue weighted by molar-refractivity contribution is -0.142. The van der Waals surface area contributed by atoms with E-state index >= 15 is 0 Å². The van der Waals surface area contributed by atoms with Crippen LogP contribution >= 0.6 is 0 Å². The summed E-state index contributed by atoms with van der Waals surface area (Å²) in [6.07, 6.45) is 0.685. The molecule has 0 spiro atoms. The molecule has 2 rings (SSSR count). The molecule has 15 nitrogen and oxygen atoms in total. The molecule has 214 valence electrons. The van der Waals surface area contributed by atoms with Crippen molar-refractivity contribution in [3.05, 3.63) is 36.0 Å². The lowest BCUT2D eigenvalue weighted by Crippen LogP contribution is -2.59. The molecular formula is C24H36N8O7. The highest BCUT2D eigenvalue weighted by Crippen LogP contribution is 2.19. The number of hydrogen-bond donors (Lipinski definition) is 10. The van der Waals surface area contributed by atoms with Gasteiger partial charge < -0.3 is 53.5 Å². The highest BCUT2D eigenvalue weighted by atomic mass is 16.4. The molecule has 0 aliphatic heterocycles. The molecule has 0 radical (unpaired) electrons. The Morgan fingerprint density at radius 2 is 1.62 bits per heavy atom. The van der Waals surface area contributed by atoms with Crippen molar-refractivity contribution in [2.24, 2.45) is 22.2 Å². The van der Waals surface area contributed by atoms with E-state index < -0.39 is 60.6 Å². The number of fused-ring (bicyclic) bond motifs is 1. The number of H-pyrrole nitrogens is 1. The predicted octanol–water partition coefficient (Wildman–Crippen LogP) is -3.00. The van der Waals surface area contributed by atoms with Crippen LogP contribution in [0.5, 0.6) is 0 Å². The monoisotopic (exact) mass is 548 g/mol. The number of carbonyl (C=O) groups is 4. The largest absolute Gasteiger partial charge is 0.480 e. The lowest BCUT2D eigenvalue weighted by atomic mass is 10.0. The van der Waals surface area contributed by atoms with Crippen molar-refractivity contribution in [1.82, 2.24) is 20.9 Å². The van der Waals surface area contributed by atoms with Crippen LogP contribution in [0.25, 0.3) is 10.9 Å². The number of hydrogen-bond acceptors (Lipinski definition) is 8. The van der Waals surface area contributed by atoms with Gasteiger partial charge in [0.2, 0.25) is 17.7 Å². The van der Waals surface area contributed by atoms with Crippen molar-refractivity contribution in [3.63, 3.8) is 0 Å². The minimum Gasteiger partial charge on any atom is -0.480 e. The van der Waals surface area contributed by atoms with Crippen LogP contribution in [0, 0.1) is 0 Å². The van der Waals surface area contributed by atoms with Crippen LogP contribution in [0.3, 0.4) is 0 Å². The molecule has 5 unspecified atom stereocenters. The number of aliphatic hydroxyl groups is 2. The van der Waals surface area contributed by atoms with Gasteiger partial charge in [0.25, 0.3) is 0 Å². The van der Waals surface area contributed by atoms with E-state index in [0.717, 1.165) is 10.9 Å². The van der Waals surface area contributed by atoms with Crippen molar-refractivity contribution in [2.45, 2.75) is 56.5 Å². The van der Waals surface area contributed by atoms with E-state index in [1.165, 1.54) is 6.92 Å². The SMILES string of the molecule is CC(O)C(N)C(=O)NC(Cc1c[nH]c2ccccc12)C(=O)NC(CO)C(=O)NC(CCCN=C(N)N)C(=O)O. The molecule has 3 amide bonds. The Labute approximate surface area is 224 Å². The Hall–Kier alpha value is -4.21. The second kappa shape index (κ2) is 14.7. The maximum absolute atomic E-state index is 13.2. The molecule has 2 aromatic rings. The molecule has 1 aromatic carbocycles. The molecule has 0 saturated carbocycles. The van der Waals surface area contributed by atoms with Crippen LogP contribution in [0.1, 0.15) is 25.3 Å². The number of aliphatic hydroxyl groups excluding tert-OH is 2. The number of nitrogens with one attached hydrogen (secondary N) is 4. The Balaban J connectivity index is 2.17. The molecule has 0 fully saturated rings. The van der Waals surface area contributed by atoms with Gasteiger partial charge in [-0.2, -0.15) is 0 Å². The number of aliphatic carboxylic acids is 1. The van der Waals surface area contributed by atoms with Crippen LogP contribution < -0.4 is 33.2 Å². The number of aromatic amines is 1. The average Bonchev–Trinajstić information content (AvgIpc) is 3.30. The zero-order valence-electron chi connectivity index (χ0n) is 21.5. The Morgan fingerprint density at radius 3 is 2.23 bits per heavy atom. The van der Waals surface area contributed by atoms with Gasteiger partial charge in [-0.15, -0.1) is 0 Å². The third kappa shape index (κ3) is 9.24. The number of aliphatic imine (C=N–C) groups is 1. The van der Waals surface area contributed by atoms with E-state index in [9.17, 15) is 34.5 Å². The van der Waals surface area contributed by atoms with Gasteiger partial charge in [0, 0.05) is 30.1 Å². The van der Waals surface area contributed by atoms with Crippen molar-refractivity contribution < 1.29 is 34.5 Å². The molecule has 0 aliphatic carbocycles. The first-order valence-corrected chi connectivity index (χ1v) is 12.2. The van der Waals surface area contributed by atoms with E-state index in [4.69, 9.17) is 17.2 Å². The van der Waals surface area contributed by atoms with Gasteiger partial charge in [0.05, 0.1) is 12.7 Å². The first kappa shape index (κ1) is 31.0. The number of amides is 3. The van der Waals surface area contributed by atoms with E-state index in [0.29, 0.717) is 5.56 Å². The fraction of sp³-hybridized carbons (Fsp3) is 0.458. The number of rotatable bonds is 15.